The van der Waals surface area contributed by atoms with Gasteiger partial charge in [0.25, 0.3) is 0 Å². The number of aromatic nitrogens is 1. The van der Waals surface area contributed by atoms with Crippen molar-refractivity contribution < 1.29 is 9.32 Å². The number of hydrogen-bond acceptors (Lipinski definition) is 3. The molecular weight excluding hydrogens is 324 g/mol. The summed E-state index contributed by atoms with van der Waals surface area (Å²) in [6.45, 7) is 4.87. The second kappa shape index (κ2) is 7.39. The lowest BCUT2D eigenvalue weighted by Gasteiger charge is -2.25. The first-order valence-electron chi connectivity index (χ1n) is 8.65. The predicted molar refractivity (Wildman–Crippen MR) is 94.1 cm³/mol. The maximum atomic E-state index is 12.9. The molecule has 0 aliphatic carbocycles. The third-order valence-corrected chi connectivity index (χ3v) is 5.01. The lowest BCUT2D eigenvalue weighted by atomic mass is 10.0. The highest BCUT2D eigenvalue weighted by Crippen LogP contribution is 2.33. The van der Waals surface area contributed by atoms with Gasteiger partial charge >= 0.3 is 0 Å². The molecule has 1 unspecified atom stereocenters. The number of hydrogen-bond donors (Lipinski definition) is 0. The largest absolute Gasteiger partial charge is 0.361 e. The second-order valence-electron chi connectivity index (χ2n) is 6.21. The van der Waals surface area contributed by atoms with E-state index >= 15 is 0 Å². The van der Waals surface area contributed by atoms with Gasteiger partial charge in [0.2, 0.25) is 5.91 Å². The summed E-state index contributed by atoms with van der Waals surface area (Å²) in [5.74, 6) is 0.988. The summed E-state index contributed by atoms with van der Waals surface area (Å²) >= 11 is 5.98. The quantitative estimate of drug-likeness (QED) is 0.808. The molecule has 128 valence electrons. The number of carbonyl (C=O) groups excluding carboxylic acids is 1. The van der Waals surface area contributed by atoms with Crippen molar-refractivity contribution in [3.05, 3.63) is 51.9 Å². The number of benzene rings is 1. The van der Waals surface area contributed by atoms with Crippen LogP contribution < -0.4 is 0 Å². The molecule has 0 N–H and O–H groups in total. The van der Waals surface area contributed by atoms with Gasteiger partial charge in [-0.3, -0.25) is 4.79 Å². The fraction of sp³-hybridized carbons (Fsp3) is 0.474. The van der Waals surface area contributed by atoms with Crippen molar-refractivity contribution in [2.75, 3.05) is 6.54 Å². The minimum absolute atomic E-state index is 0.143. The maximum absolute atomic E-state index is 12.9. The summed E-state index contributed by atoms with van der Waals surface area (Å²) in [6, 6.07) is 7.97. The van der Waals surface area contributed by atoms with Crippen LogP contribution in [0.4, 0.5) is 0 Å². The third kappa shape index (κ3) is 3.34. The van der Waals surface area contributed by atoms with Gasteiger partial charge < -0.3 is 9.42 Å². The van der Waals surface area contributed by atoms with Crippen molar-refractivity contribution >= 4 is 17.5 Å². The molecule has 2 aromatic rings. The zero-order valence-electron chi connectivity index (χ0n) is 14.2. The third-order valence-electron chi connectivity index (χ3n) is 4.76. The molecule has 0 bridgehead atoms. The highest BCUT2D eigenvalue weighted by molar-refractivity contribution is 6.30. The number of nitrogens with zero attached hydrogens (tertiary/aromatic N) is 2. The van der Waals surface area contributed by atoms with Crippen molar-refractivity contribution in [1.82, 2.24) is 10.1 Å². The molecular formula is C19H23ClN2O2. The molecule has 2 heterocycles. The number of likely N-dealkylation sites (tertiary alicyclic amines) is 1. The van der Waals surface area contributed by atoms with Crippen LogP contribution in [-0.4, -0.2) is 22.5 Å². The van der Waals surface area contributed by atoms with Gasteiger partial charge in [0.05, 0.1) is 18.2 Å². The summed E-state index contributed by atoms with van der Waals surface area (Å²) in [7, 11) is 0. The van der Waals surface area contributed by atoms with Crippen LogP contribution in [0.25, 0.3) is 0 Å². The van der Waals surface area contributed by atoms with E-state index in [1.54, 1.807) is 0 Å². The van der Waals surface area contributed by atoms with E-state index in [0.717, 1.165) is 59.8 Å². The van der Waals surface area contributed by atoms with Crippen LogP contribution >= 0.6 is 11.6 Å². The molecule has 1 aromatic carbocycles. The van der Waals surface area contributed by atoms with Gasteiger partial charge in [-0.05, 0) is 37.0 Å². The first-order chi connectivity index (χ1) is 11.6. The average molecular weight is 347 g/mol. The Morgan fingerprint density at radius 1 is 1.29 bits per heavy atom. The molecule has 0 saturated carbocycles. The van der Waals surface area contributed by atoms with Gasteiger partial charge in [0.15, 0.2) is 0 Å². The van der Waals surface area contributed by atoms with Gasteiger partial charge in [-0.15, -0.1) is 0 Å². The average Bonchev–Trinajstić information content (AvgIpc) is 3.22. The molecule has 3 rings (SSSR count). The molecule has 5 heteroatoms. The highest BCUT2D eigenvalue weighted by Gasteiger charge is 2.31. The first-order valence-corrected chi connectivity index (χ1v) is 9.03. The fourth-order valence-electron chi connectivity index (χ4n) is 3.49. The SMILES string of the molecule is CCc1noc(CC)c1CC(=O)N1CCCC1c1ccc(Cl)cc1. The van der Waals surface area contributed by atoms with E-state index in [-0.39, 0.29) is 11.9 Å². The summed E-state index contributed by atoms with van der Waals surface area (Å²) < 4.78 is 5.39. The normalized spacial score (nSPS) is 17.5. The Balaban J connectivity index is 1.79. The van der Waals surface area contributed by atoms with Crippen molar-refractivity contribution in [1.29, 1.82) is 0 Å². The van der Waals surface area contributed by atoms with Gasteiger partial charge in [0.1, 0.15) is 5.76 Å². The number of halogens is 1. The molecule has 1 amide bonds. The lowest BCUT2D eigenvalue weighted by molar-refractivity contribution is -0.131. The Hall–Kier alpha value is -1.81. The topological polar surface area (TPSA) is 46.3 Å². The van der Waals surface area contributed by atoms with Crippen molar-refractivity contribution in [2.24, 2.45) is 0 Å². The number of aryl methyl sites for hydroxylation is 2. The monoisotopic (exact) mass is 346 g/mol. The summed E-state index contributed by atoms with van der Waals surface area (Å²) in [5.41, 5.74) is 3.04. The van der Waals surface area contributed by atoms with E-state index in [2.05, 4.69) is 5.16 Å². The molecule has 0 radical (unpaired) electrons. The van der Waals surface area contributed by atoms with Crippen LogP contribution in [0.3, 0.4) is 0 Å². The van der Waals surface area contributed by atoms with Crippen LogP contribution in [0.15, 0.2) is 28.8 Å². The van der Waals surface area contributed by atoms with E-state index in [1.165, 1.54) is 0 Å². The van der Waals surface area contributed by atoms with Gasteiger partial charge in [0, 0.05) is 23.6 Å². The Morgan fingerprint density at radius 3 is 2.71 bits per heavy atom. The maximum Gasteiger partial charge on any atom is 0.227 e. The zero-order valence-corrected chi connectivity index (χ0v) is 15.0. The Kier molecular flexibility index (Phi) is 5.24. The minimum Gasteiger partial charge on any atom is -0.361 e. The van der Waals surface area contributed by atoms with Crippen molar-refractivity contribution in [2.45, 2.75) is 52.0 Å². The molecule has 1 aliphatic heterocycles. The molecule has 1 fully saturated rings. The summed E-state index contributed by atoms with van der Waals surface area (Å²) in [5, 5.41) is 4.83. The molecule has 4 nitrogen and oxygen atoms in total. The summed E-state index contributed by atoms with van der Waals surface area (Å²) in [6.07, 6.45) is 3.95. The number of rotatable bonds is 5. The Labute approximate surface area is 147 Å². The van der Waals surface area contributed by atoms with Crippen LogP contribution in [-0.2, 0) is 24.1 Å². The number of carbonyl (C=O) groups is 1. The van der Waals surface area contributed by atoms with Gasteiger partial charge in [-0.2, -0.15) is 0 Å². The molecule has 24 heavy (non-hydrogen) atoms. The second-order valence-corrected chi connectivity index (χ2v) is 6.65. The van der Waals surface area contributed by atoms with E-state index in [9.17, 15) is 4.79 Å². The summed E-state index contributed by atoms with van der Waals surface area (Å²) in [4.78, 5) is 14.9. The van der Waals surface area contributed by atoms with Crippen LogP contribution in [0.2, 0.25) is 5.02 Å². The molecule has 1 aromatic heterocycles. The molecule has 1 saturated heterocycles. The fourth-order valence-corrected chi connectivity index (χ4v) is 3.61. The Bertz CT molecular complexity index is 687. The van der Waals surface area contributed by atoms with Crippen molar-refractivity contribution in [3.8, 4) is 0 Å². The predicted octanol–water partition coefficient (Wildman–Crippen LogP) is 4.36. The van der Waals surface area contributed by atoms with E-state index in [1.807, 2.05) is 43.0 Å². The van der Waals surface area contributed by atoms with Crippen LogP contribution in [0.1, 0.15) is 55.3 Å². The first kappa shape index (κ1) is 17.0. The standard InChI is InChI=1S/C19H23ClN2O2/c1-3-16-15(18(4-2)24-21-16)12-19(23)22-11-5-6-17(22)13-7-9-14(20)10-8-13/h7-10,17H,3-6,11-12H2,1-2H3. The van der Waals surface area contributed by atoms with Gasteiger partial charge in [-0.25, -0.2) is 0 Å². The smallest absolute Gasteiger partial charge is 0.227 e. The number of amides is 1. The highest BCUT2D eigenvalue weighted by atomic mass is 35.5. The molecule has 1 aliphatic rings. The van der Waals surface area contributed by atoms with E-state index in [0.29, 0.717) is 6.42 Å². The van der Waals surface area contributed by atoms with Gasteiger partial charge in [-0.1, -0.05) is 42.7 Å². The van der Waals surface area contributed by atoms with E-state index < -0.39 is 0 Å². The van der Waals surface area contributed by atoms with Crippen LogP contribution in [0, 0.1) is 0 Å². The zero-order chi connectivity index (χ0) is 17.1. The van der Waals surface area contributed by atoms with Crippen molar-refractivity contribution in [3.63, 3.8) is 0 Å². The van der Waals surface area contributed by atoms with E-state index in [4.69, 9.17) is 16.1 Å². The van der Waals surface area contributed by atoms with Crippen LogP contribution in [0.5, 0.6) is 0 Å². The molecule has 1 atom stereocenters. The Morgan fingerprint density at radius 2 is 2.04 bits per heavy atom. The lowest BCUT2D eigenvalue weighted by Crippen LogP contribution is -2.32. The molecule has 0 spiro atoms. The minimum atomic E-state index is 0.143.